The monoisotopic (exact) mass is 445 g/mol. The summed E-state index contributed by atoms with van der Waals surface area (Å²) in [5.41, 5.74) is 1.18. The van der Waals surface area contributed by atoms with E-state index in [-0.39, 0.29) is 30.1 Å². The van der Waals surface area contributed by atoms with Crippen LogP contribution in [0.5, 0.6) is 0 Å². The Bertz CT molecular complexity index is 550. The standard InChI is InChI=1S/C17H27N5O.HI/c1-3-18-17(21-15-4-5-15)20-11-14-6-7-19-16(10-14)22-8-9-23-13(2)12-22;/h6-7,10,13,15H,3-5,8-9,11-12H2,1-2H3,(H2,18,20,21);1H. The van der Waals surface area contributed by atoms with Crippen molar-refractivity contribution < 1.29 is 4.74 Å². The van der Waals surface area contributed by atoms with Gasteiger partial charge in [-0.3, -0.25) is 0 Å². The van der Waals surface area contributed by atoms with Crippen LogP contribution < -0.4 is 15.5 Å². The summed E-state index contributed by atoms with van der Waals surface area (Å²) in [5.74, 6) is 1.93. The Morgan fingerprint density at radius 1 is 1.46 bits per heavy atom. The summed E-state index contributed by atoms with van der Waals surface area (Å²) >= 11 is 0. The number of nitrogens with zero attached hydrogens (tertiary/aromatic N) is 3. The molecule has 2 fully saturated rings. The SMILES string of the molecule is CCNC(=NCc1ccnc(N2CCOC(C)C2)c1)NC1CC1.I. The normalized spacial score (nSPS) is 21.2. The average molecular weight is 445 g/mol. The molecule has 0 aromatic carbocycles. The van der Waals surface area contributed by atoms with Crippen LogP contribution in [0.25, 0.3) is 0 Å². The van der Waals surface area contributed by atoms with E-state index < -0.39 is 0 Å². The van der Waals surface area contributed by atoms with E-state index in [1.54, 1.807) is 0 Å². The molecule has 2 N–H and O–H groups in total. The molecule has 3 rings (SSSR count). The molecule has 0 spiro atoms. The van der Waals surface area contributed by atoms with Crippen molar-refractivity contribution in [3.8, 4) is 0 Å². The van der Waals surface area contributed by atoms with Gasteiger partial charge in [0.05, 0.1) is 19.3 Å². The van der Waals surface area contributed by atoms with Crippen LogP contribution in [0.2, 0.25) is 0 Å². The van der Waals surface area contributed by atoms with Gasteiger partial charge >= 0.3 is 0 Å². The molecule has 134 valence electrons. The number of nitrogens with one attached hydrogen (secondary N) is 2. The van der Waals surface area contributed by atoms with Gasteiger partial charge in [0.2, 0.25) is 0 Å². The van der Waals surface area contributed by atoms with E-state index in [1.165, 1.54) is 18.4 Å². The van der Waals surface area contributed by atoms with Crippen molar-refractivity contribution in [2.75, 3.05) is 31.1 Å². The largest absolute Gasteiger partial charge is 0.375 e. The molecule has 1 aliphatic heterocycles. The number of morpholine rings is 1. The first-order chi connectivity index (χ1) is 11.2. The fourth-order valence-electron chi connectivity index (χ4n) is 2.67. The molecule has 1 saturated carbocycles. The van der Waals surface area contributed by atoms with Crippen LogP contribution in [-0.2, 0) is 11.3 Å². The van der Waals surface area contributed by atoms with Crippen molar-refractivity contribution in [1.29, 1.82) is 0 Å². The highest BCUT2D eigenvalue weighted by molar-refractivity contribution is 14.0. The molecule has 1 aromatic rings. The molecule has 1 saturated heterocycles. The van der Waals surface area contributed by atoms with E-state index in [9.17, 15) is 0 Å². The summed E-state index contributed by atoms with van der Waals surface area (Å²) < 4.78 is 5.60. The van der Waals surface area contributed by atoms with Crippen molar-refractivity contribution in [2.45, 2.75) is 45.4 Å². The van der Waals surface area contributed by atoms with Gasteiger partial charge < -0.3 is 20.3 Å². The molecule has 2 aliphatic rings. The summed E-state index contributed by atoms with van der Waals surface area (Å²) in [6, 6.07) is 4.79. The number of hydrogen-bond acceptors (Lipinski definition) is 4. The lowest BCUT2D eigenvalue weighted by atomic mass is 10.2. The molecule has 1 atom stereocenters. The smallest absolute Gasteiger partial charge is 0.191 e. The molecule has 7 heteroatoms. The first-order valence-corrected chi connectivity index (χ1v) is 8.61. The maximum atomic E-state index is 5.60. The van der Waals surface area contributed by atoms with Gasteiger partial charge in [0.15, 0.2) is 5.96 Å². The third-order valence-corrected chi connectivity index (χ3v) is 4.06. The number of rotatable bonds is 5. The number of anilines is 1. The number of halogens is 1. The van der Waals surface area contributed by atoms with Crippen LogP contribution in [-0.4, -0.2) is 49.3 Å². The van der Waals surface area contributed by atoms with Crippen LogP contribution >= 0.6 is 24.0 Å². The van der Waals surface area contributed by atoms with E-state index in [2.05, 4.69) is 45.4 Å². The van der Waals surface area contributed by atoms with Gasteiger partial charge in [-0.15, -0.1) is 24.0 Å². The van der Waals surface area contributed by atoms with Gasteiger partial charge in [-0.2, -0.15) is 0 Å². The van der Waals surface area contributed by atoms with E-state index >= 15 is 0 Å². The van der Waals surface area contributed by atoms with Crippen molar-refractivity contribution in [2.24, 2.45) is 4.99 Å². The zero-order chi connectivity index (χ0) is 16.1. The van der Waals surface area contributed by atoms with Crippen molar-refractivity contribution in [1.82, 2.24) is 15.6 Å². The Balaban J connectivity index is 0.00000208. The first-order valence-electron chi connectivity index (χ1n) is 8.61. The van der Waals surface area contributed by atoms with Gasteiger partial charge in [0, 0.05) is 31.9 Å². The Morgan fingerprint density at radius 3 is 3.00 bits per heavy atom. The maximum Gasteiger partial charge on any atom is 0.191 e. The van der Waals surface area contributed by atoms with E-state index in [4.69, 9.17) is 4.74 Å². The van der Waals surface area contributed by atoms with E-state index in [0.29, 0.717) is 12.6 Å². The molecule has 1 aliphatic carbocycles. The predicted octanol–water partition coefficient (Wildman–Crippen LogP) is 2.14. The quantitative estimate of drug-likeness (QED) is 0.413. The number of aliphatic imine (C=N–C) groups is 1. The van der Waals surface area contributed by atoms with E-state index in [1.807, 2.05) is 12.3 Å². The lowest BCUT2D eigenvalue weighted by Gasteiger charge is -2.32. The zero-order valence-electron chi connectivity index (χ0n) is 14.5. The maximum absolute atomic E-state index is 5.60. The predicted molar refractivity (Wildman–Crippen MR) is 108 cm³/mol. The highest BCUT2D eigenvalue weighted by Gasteiger charge is 2.22. The lowest BCUT2D eigenvalue weighted by molar-refractivity contribution is 0.0529. The third-order valence-electron chi connectivity index (χ3n) is 4.06. The molecule has 0 amide bonds. The number of guanidine groups is 1. The minimum absolute atomic E-state index is 0. The number of pyridine rings is 1. The number of hydrogen-bond donors (Lipinski definition) is 2. The molecule has 2 heterocycles. The second-order valence-electron chi connectivity index (χ2n) is 6.26. The van der Waals surface area contributed by atoms with Crippen molar-refractivity contribution in [3.05, 3.63) is 23.9 Å². The molecule has 6 nitrogen and oxygen atoms in total. The summed E-state index contributed by atoms with van der Waals surface area (Å²) in [6.45, 7) is 8.30. The zero-order valence-corrected chi connectivity index (χ0v) is 16.8. The molecule has 1 unspecified atom stereocenters. The fourth-order valence-corrected chi connectivity index (χ4v) is 2.67. The topological polar surface area (TPSA) is 61.8 Å². The average Bonchev–Trinajstić information content (AvgIpc) is 3.37. The molecule has 1 aromatic heterocycles. The summed E-state index contributed by atoms with van der Waals surface area (Å²) in [6.07, 6.45) is 4.63. The molecule has 24 heavy (non-hydrogen) atoms. The Hall–Kier alpha value is -1.09. The molecule has 0 bridgehead atoms. The van der Waals surface area contributed by atoms with Gasteiger partial charge in [0.25, 0.3) is 0 Å². The highest BCUT2D eigenvalue weighted by Crippen LogP contribution is 2.19. The summed E-state index contributed by atoms with van der Waals surface area (Å²) in [7, 11) is 0. The number of aromatic nitrogens is 1. The number of ether oxygens (including phenoxy) is 1. The highest BCUT2D eigenvalue weighted by atomic mass is 127. The Kier molecular flexibility index (Phi) is 7.54. The van der Waals surface area contributed by atoms with Crippen LogP contribution in [0.15, 0.2) is 23.3 Å². The van der Waals surface area contributed by atoms with Crippen molar-refractivity contribution in [3.63, 3.8) is 0 Å². The molecule has 0 radical (unpaired) electrons. The molecular formula is C17H28IN5O. The van der Waals surface area contributed by atoms with Crippen LogP contribution in [0.3, 0.4) is 0 Å². The van der Waals surface area contributed by atoms with Crippen LogP contribution in [0.1, 0.15) is 32.3 Å². The third kappa shape index (κ3) is 5.77. The van der Waals surface area contributed by atoms with Gasteiger partial charge in [0.1, 0.15) is 5.82 Å². The Labute approximate surface area is 161 Å². The summed E-state index contributed by atoms with van der Waals surface area (Å²) in [4.78, 5) is 11.5. The first kappa shape index (κ1) is 19.2. The van der Waals surface area contributed by atoms with Crippen LogP contribution in [0.4, 0.5) is 5.82 Å². The Morgan fingerprint density at radius 2 is 2.29 bits per heavy atom. The van der Waals surface area contributed by atoms with Crippen LogP contribution in [0, 0.1) is 0 Å². The minimum Gasteiger partial charge on any atom is -0.375 e. The van der Waals surface area contributed by atoms with Crippen molar-refractivity contribution >= 4 is 35.8 Å². The second kappa shape index (κ2) is 9.41. The second-order valence-corrected chi connectivity index (χ2v) is 6.26. The minimum atomic E-state index is 0. The fraction of sp³-hybridized carbons (Fsp3) is 0.647. The molecular weight excluding hydrogens is 417 g/mol. The van der Waals surface area contributed by atoms with Gasteiger partial charge in [-0.05, 0) is 44.4 Å². The van der Waals surface area contributed by atoms with E-state index in [0.717, 1.165) is 38.0 Å². The summed E-state index contributed by atoms with van der Waals surface area (Å²) in [5, 5.41) is 6.75. The van der Waals surface area contributed by atoms with Gasteiger partial charge in [-0.1, -0.05) is 0 Å². The lowest BCUT2D eigenvalue weighted by Crippen LogP contribution is -2.41. The van der Waals surface area contributed by atoms with Gasteiger partial charge in [-0.25, -0.2) is 9.98 Å².